The van der Waals surface area contributed by atoms with Crippen LogP contribution in [0.5, 0.6) is 5.75 Å². The van der Waals surface area contributed by atoms with Gasteiger partial charge in [-0.05, 0) is 76.8 Å². The first kappa shape index (κ1) is 28.3. The average molecular weight is 593 g/mol. The first-order valence-electron chi connectivity index (χ1n) is 11.3. The van der Waals surface area contributed by atoms with E-state index in [1.165, 1.54) is 18.2 Å². The number of Topliss-reactive ketones (excluding diaryl/α,β-unsaturated/α-hetero) is 1. The Bertz CT molecular complexity index is 1510. The van der Waals surface area contributed by atoms with Crippen LogP contribution in [0.1, 0.15) is 54.1 Å². The molecule has 0 radical (unpaired) electrons. The number of rotatable bonds is 10. The number of thiophene rings is 1. The number of esters is 1. The van der Waals surface area contributed by atoms with Crippen LogP contribution in [0.2, 0.25) is 0 Å². The van der Waals surface area contributed by atoms with E-state index in [0.717, 1.165) is 16.9 Å². The lowest BCUT2D eigenvalue weighted by Crippen LogP contribution is -2.05. The van der Waals surface area contributed by atoms with Crippen molar-refractivity contribution in [3.8, 4) is 17.9 Å². The molecule has 1 aromatic heterocycles. The number of aromatic carboxylic acids is 1. The molecule has 8 nitrogen and oxygen atoms in total. The molecule has 192 valence electrons. The third kappa shape index (κ3) is 6.74. The molecule has 1 N–H and O–H groups in total. The van der Waals surface area contributed by atoms with Gasteiger partial charge in [-0.25, -0.2) is 9.59 Å². The van der Waals surface area contributed by atoms with Gasteiger partial charge >= 0.3 is 11.9 Å². The minimum atomic E-state index is -1.00. The fraction of sp³-hybridized carbons (Fsp3) is 0.179. The van der Waals surface area contributed by atoms with E-state index in [0.29, 0.717) is 26.2 Å². The number of carbonyl (C=O) groups excluding carboxylic acids is 2. The van der Waals surface area contributed by atoms with E-state index in [4.69, 9.17) is 14.6 Å². The van der Waals surface area contributed by atoms with Gasteiger partial charge < -0.3 is 14.6 Å². The zero-order chi connectivity index (χ0) is 27.8. The number of halogens is 1. The Labute approximate surface area is 231 Å². The molecule has 0 fully saturated rings. The summed E-state index contributed by atoms with van der Waals surface area (Å²) in [7, 11) is 0. The highest BCUT2D eigenvalue weighted by Gasteiger charge is 2.23. The molecule has 3 rings (SSSR count). The van der Waals surface area contributed by atoms with Crippen molar-refractivity contribution >= 4 is 51.1 Å². The Morgan fingerprint density at radius 1 is 1.13 bits per heavy atom. The van der Waals surface area contributed by atoms with Crippen molar-refractivity contribution in [2.24, 2.45) is 0 Å². The molecule has 0 saturated heterocycles. The van der Waals surface area contributed by atoms with Gasteiger partial charge in [0.2, 0.25) is 0 Å². The standard InChI is InChI=1S/C28H21BrN2O6S/c1-3-36-28(35)26-16(2)21(14-31)25(38-26)12-23(32)20(13-30)10-18-6-9-24(22(29)11-18)37-15-17-4-7-19(8-5-17)27(33)34/h4-11H,3,12,15H2,1-2H3,(H,33,34)/b20-10+. The van der Waals surface area contributed by atoms with Crippen molar-refractivity contribution in [1.29, 1.82) is 10.5 Å². The van der Waals surface area contributed by atoms with Crippen LogP contribution >= 0.6 is 27.3 Å². The molecule has 2 aromatic carbocycles. The summed E-state index contributed by atoms with van der Waals surface area (Å²) in [5.74, 6) is -1.52. The van der Waals surface area contributed by atoms with Gasteiger partial charge in [-0.3, -0.25) is 4.79 Å². The summed E-state index contributed by atoms with van der Waals surface area (Å²) < 4.78 is 11.4. The summed E-state index contributed by atoms with van der Waals surface area (Å²) in [6.07, 6.45) is 1.25. The van der Waals surface area contributed by atoms with Gasteiger partial charge in [-0.1, -0.05) is 18.2 Å². The lowest BCUT2D eigenvalue weighted by atomic mass is 10.0. The first-order chi connectivity index (χ1) is 18.2. The Morgan fingerprint density at radius 2 is 1.84 bits per heavy atom. The van der Waals surface area contributed by atoms with Gasteiger partial charge in [-0.2, -0.15) is 10.5 Å². The highest BCUT2D eigenvalue weighted by Crippen LogP contribution is 2.31. The minimum Gasteiger partial charge on any atom is -0.488 e. The number of carboxylic acids is 1. The molecule has 1 heterocycles. The molecular formula is C28H21BrN2O6S. The highest BCUT2D eigenvalue weighted by molar-refractivity contribution is 9.10. The van der Waals surface area contributed by atoms with E-state index in [-0.39, 0.29) is 41.2 Å². The third-order valence-electron chi connectivity index (χ3n) is 5.40. The summed E-state index contributed by atoms with van der Waals surface area (Å²) in [5.41, 5.74) is 2.15. The number of ketones is 1. The number of ether oxygens (including phenoxy) is 2. The van der Waals surface area contributed by atoms with Gasteiger partial charge in [0.15, 0.2) is 5.78 Å². The number of nitriles is 2. The van der Waals surface area contributed by atoms with Crippen molar-refractivity contribution < 1.29 is 29.0 Å². The molecule has 0 spiro atoms. The Hall–Kier alpha value is -4.25. The zero-order valence-corrected chi connectivity index (χ0v) is 22.8. The number of carboxylic acid groups (broad SMARTS) is 1. The molecule has 0 saturated carbocycles. The quantitative estimate of drug-likeness (QED) is 0.175. The second-order valence-electron chi connectivity index (χ2n) is 7.94. The third-order valence-corrected chi connectivity index (χ3v) is 7.29. The molecule has 38 heavy (non-hydrogen) atoms. The average Bonchev–Trinajstić information content (AvgIpc) is 3.21. The number of hydrogen-bond acceptors (Lipinski definition) is 8. The summed E-state index contributed by atoms with van der Waals surface area (Å²) >= 11 is 4.46. The van der Waals surface area contributed by atoms with Crippen molar-refractivity contribution in [2.75, 3.05) is 6.61 Å². The minimum absolute atomic E-state index is 0.100. The van der Waals surface area contributed by atoms with Gasteiger partial charge in [-0.15, -0.1) is 11.3 Å². The summed E-state index contributed by atoms with van der Waals surface area (Å²) in [6.45, 7) is 3.71. The zero-order valence-electron chi connectivity index (χ0n) is 20.4. The van der Waals surface area contributed by atoms with E-state index < -0.39 is 17.7 Å². The van der Waals surface area contributed by atoms with Crippen LogP contribution in [0.4, 0.5) is 0 Å². The Morgan fingerprint density at radius 3 is 2.42 bits per heavy atom. The van der Waals surface area contributed by atoms with Crippen LogP contribution < -0.4 is 4.74 Å². The number of hydrogen-bond donors (Lipinski definition) is 1. The largest absolute Gasteiger partial charge is 0.488 e. The number of allylic oxidation sites excluding steroid dienone is 1. The van der Waals surface area contributed by atoms with Gasteiger partial charge in [0.05, 0.1) is 27.8 Å². The highest BCUT2D eigenvalue weighted by atomic mass is 79.9. The topological polar surface area (TPSA) is 137 Å². The van der Waals surface area contributed by atoms with Crippen molar-refractivity contribution in [3.63, 3.8) is 0 Å². The normalized spacial score (nSPS) is 10.8. The second kappa shape index (κ2) is 12.8. The molecule has 0 amide bonds. The smallest absolute Gasteiger partial charge is 0.348 e. The fourth-order valence-electron chi connectivity index (χ4n) is 3.45. The molecule has 0 aliphatic rings. The van der Waals surface area contributed by atoms with E-state index in [9.17, 15) is 24.9 Å². The Balaban J connectivity index is 1.74. The Kier molecular flexibility index (Phi) is 9.55. The van der Waals surface area contributed by atoms with E-state index in [1.54, 1.807) is 44.2 Å². The van der Waals surface area contributed by atoms with E-state index in [2.05, 4.69) is 15.9 Å². The number of carbonyl (C=O) groups is 3. The van der Waals surface area contributed by atoms with Crippen LogP contribution in [-0.4, -0.2) is 29.4 Å². The lowest BCUT2D eigenvalue weighted by molar-refractivity contribution is -0.114. The molecule has 10 heteroatoms. The summed E-state index contributed by atoms with van der Waals surface area (Å²) in [6, 6.07) is 15.4. The first-order valence-corrected chi connectivity index (χ1v) is 12.9. The predicted octanol–water partition coefficient (Wildman–Crippen LogP) is 5.86. The van der Waals surface area contributed by atoms with Crippen LogP contribution in [0.15, 0.2) is 52.5 Å². The predicted molar refractivity (Wildman–Crippen MR) is 144 cm³/mol. The van der Waals surface area contributed by atoms with Crippen LogP contribution in [0, 0.1) is 29.6 Å². The van der Waals surface area contributed by atoms with Gasteiger partial charge in [0, 0.05) is 11.3 Å². The van der Waals surface area contributed by atoms with E-state index >= 15 is 0 Å². The van der Waals surface area contributed by atoms with Gasteiger partial charge in [0.25, 0.3) is 0 Å². The van der Waals surface area contributed by atoms with E-state index in [1.807, 2.05) is 12.1 Å². The van der Waals surface area contributed by atoms with Crippen molar-refractivity contribution in [1.82, 2.24) is 0 Å². The summed E-state index contributed by atoms with van der Waals surface area (Å²) in [5, 5.41) is 28.2. The second-order valence-corrected chi connectivity index (χ2v) is 9.90. The molecule has 0 aliphatic heterocycles. The van der Waals surface area contributed by atoms with Crippen LogP contribution in [0.3, 0.4) is 0 Å². The number of benzene rings is 2. The maximum absolute atomic E-state index is 12.9. The van der Waals surface area contributed by atoms with Crippen LogP contribution in [-0.2, 0) is 22.6 Å². The molecule has 0 aliphatic carbocycles. The van der Waals surface area contributed by atoms with Crippen molar-refractivity contribution in [3.05, 3.63) is 90.1 Å². The molecule has 3 aromatic rings. The maximum atomic E-state index is 12.9. The fourth-order valence-corrected chi connectivity index (χ4v) is 5.11. The number of nitrogens with zero attached hydrogens (tertiary/aromatic N) is 2. The molecule has 0 atom stereocenters. The monoisotopic (exact) mass is 592 g/mol. The van der Waals surface area contributed by atoms with Crippen molar-refractivity contribution in [2.45, 2.75) is 26.9 Å². The van der Waals surface area contributed by atoms with Crippen LogP contribution in [0.25, 0.3) is 6.08 Å². The maximum Gasteiger partial charge on any atom is 0.348 e. The SMILES string of the molecule is CCOC(=O)c1sc(CC(=O)/C(C#N)=C/c2ccc(OCc3ccc(C(=O)O)cc3)c(Br)c2)c(C#N)c1C. The molecule has 0 unspecified atom stereocenters. The summed E-state index contributed by atoms with van der Waals surface area (Å²) in [4.78, 5) is 36.8. The van der Waals surface area contributed by atoms with Gasteiger partial charge in [0.1, 0.15) is 29.4 Å². The molecular weight excluding hydrogens is 572 g/mol. The lowest BCUT2D eigenvalue weighted by Gasteiger charge is -2.09. The molecule has 0 bridgehead atoms.